The molecule has 0 spiro atoms. The van der Waals surface area contributed by atoms with E-state index in [1.807, 2.05) is 0 Å². The molecule has 1 amide bonds. The first-order chi connectivity index (χ1) is 7.06. The van der Waals surface area contributed by atoms with Crippen molar-refractivity contribution in [1.82, 2.24) is 0 Å². The molecule has 0 radical (unpaired) electrons. The van der Waals surface area contributed by atoms with Gasteiger partial charge in [-0.1, -0.05) is 0 Å². The Labute approximate surface area is 88.3 Å². The number of nitrogens with zero attached hydrogens (tertiary/aromatic N) is 1. The van der Waals surface area contributed by atoms with Crippen LogP contribution in [0.3, 0.4) is 0 Å². The van der Waals surface area contributed by atoms with E-state index in [1.165, 1.54) is 24.3 Å². The quantitative estimate of drug-likeness (QED) is 0.566. The molecule has 6 nitrogen and oxygen atoms in total. The Bertz CT molecular complexity index is 419. The number of methoxy groups -OCH3 is 1. The number of thiol groups is 1. The van der Waals surface area contributed by atoms with Crippen LogP contribution in [0.4, 0.5) is 16.2 Å². The summed E-state index contributed by atoms with van der Waals surface area (Å²) in [6.07, 6.45) is -0.962. The minimum absolute atomic E-state index is 0.187. The van der Waals surface area contributed by atoms with Gasteiger partial charge in [-0.15, -0.1) is 0 Å². The minimum Gasteiger partial charge on any atom is -0.452 e. The number of benzene rings is 1. The first kappa shape index (κ1) is 11.3. The third-order valence-corrected chi connectivity index (χ3v) is 2.37. The van der Waals surface area contributed by atoms with Crippen LogP contribution < -0.4 is 10.0 Å². The number of ether oxygens (including phenoxy) is 1. The van der Waals surface area contributed by atoms with Crippen LogP contribution in [0.15, 0.2) is 24.3 Å². The Balaban J connectivity index is 3.10. The average Bonchev–Trinajstić information content (AvgIpc) is 2.20. The van der Waals surface area contributed by atoms with Crippen LogP contribution in [0, 0.1) is 0 Å². The van der Waals surface area contributed by atoms with Gasteiger partial charge in [-0.3, -0.25) is 0 Å². The number of nitrogen functional groups attached to an aromatic ring is 1. The third-order valence-electron chi connectivity index (χ3n) is 1.65. The maximum Gasteiger partial charge on any atom is 0.427 e. The van der Waals surface area contributed by atoms with Crippen molar-refractivity contribution in [3.05, 3.63) is 24.3 Å². The first-order valence-corrected chi connectivity index (χ1v) is 5.07. The molecule has 0 saturated heterocycles. The predicted molar refractivity (Wildman–Crippen MR) is 56.1 cm³/mol. The summed E-state index contributed by atoms with van der Waals surface area (Å²) >= 11 is 0. The van der Waals surface area contributed by atoms with Crippen LogP contribution in [0.2, 0.25) is 0 Å². The summed E-state index contributed by atoms with van der Waals surface area (Å²) in [6.45, 7) is 0. The van der Waals surface area contributed by atoms with E-state index in [0.717, 1.165) is 7.11 Å². The van der Waals surface area contributed by atoms with Crippen LogP contribution in [-0.4, -0.2) is 21.6 Å². The standard InChI is InChI=1S/C8H10N2O4S/c1-14-8(11)10(15(12)13)7-4-2-6(9)3-5-7/h2-5,15H,9H2,1H3. The van der Waals surface area contributed by atoms with E-state index in [9.17, 15) is 13.2 Å². The highest BCUT2D eigenvalue weighted by Gasteiger charge is 2.18. The van der Waals surface area contributed by atoms with Crippen LogP contribution in [0.1, 0.15) is 0 Å². The number of nitrogens with two attached hydrogens (primary N) is 1. The van der Waals surface area contributed by atoms with Gasteiger partial charge in [0.1, 0.15) is 0 Å². The zero-order chi connectivity index (χ0) is 11.4. The number of carbonyl (C=O) groups is 1. The van der Waals surface area contributed by atoms with Gasteiger partial charge in [-0.2, -0.15) is 4.31 Å². The summed E-state index contributed by atoms with van der Waals surface area (Å²) in [4.78, 5) is 11.1. The van der Waals surface area contributed by atoms with Crippen LogP contribution in [-0.2, 0) is 15.6 Å². The van der Waals surface area contributed by atoms with Crippen molar-refractivity contribution in [1.29, 1.82) is 0 Å². The van der Waals surface area contributed by atoms with Crippen molar-refractivity contribution in [2.45, 2.75) is 0 Å². The number of hydrogen-bond donors (Lipinski definition) is 2. The number of carbonyl (C=O) groups excluding carboxylic acids is 1. The largest absolute Gasteiger partial charge is 0.452 e. The molecule has 2 N–H and O–H groups in total. The molecule has 0 aliphatic heterocycles. The zero-order valence-corrected chi connectivity index (χ0v) is 8.81. The van der Waals surface area contributed by atoms with Gasteiger partial charge >= 0.3 is 6.09 Å². The van der Waals surface area contributed by atoms with Crippen LogP contribution in [0.25, 0.3) is 0 Å². The molecule has 0 atom stereocenters. The lowest BCUT2D eigenvalue weighted by atomic mass is 10.3. The van der Waals surface area contributed by atoms with Crippen molar-refractivity contribution in [2.75, 3.05) is 17.1 Å². The lowest BCUT2D eigenvalue weighted by molar-refractivity contribution is 0.183. The maximum atomic E-state index is 11.1. The number of rotatable bonds is 2. The molecular formula is C8H10N2O4S. The lowest BCUT2D eigenvalue weighted by Gasteiger charge is -2.13. The van der Waals surface area contributed by atoms with Gasteiger partial charge < -0.3 is 10.5 Å². The van der Waals surface area contributed by atoms with Crippen molar-refractivity contribution < 1.29 is 17.9 Å². The summed E-state index contributed by atoms with van der Waals surface area (Å²) in [5.74, 6) is 0. The Hall–Kier alpha value is -1.76. The number of anilines is 2. The molecule has 0 aliphatic carbocycles. The molecule has 15 heavy (non-hydrogen) atoms. The van der Waals surface area contributed by atoms with Gasteiger partial charge in [-0.05, 0) is 24.3 Å². The molecule has 0 aromatic heterocycles. The Morgan fingerprint density at radius 2 is 1.87 bits per heavy atom. The number of amides is 1. The maximum absolute atomic E-state index is 11.1. The fraction of sp³-hybridized carbons (Fsp3) is 0.125. The summed E-state index contributed by atoms with van der Waals surface area (Å²) in [6, 6.07) is 5.81. The van der Waals surface area contributed by atoms with E-state index in [2.05, 4.69) is 4.74 Å². The second-order valence-corrected chi connectivity index (χ2v) is 3.49. The molecule has 7 heteroatoms. The van der Waals surface area contributed by atoms with E-state index in [4.69, 9.17) is 5.73 Å². The summed E-state index contributed by atoms with van der Waals surface area (Å²) < 4.78 is 26.5. The van der Waals surface area contributed by atoms with Crippen molar-refractivity contribution in [2.24, 2.45) is 0 Å². The Kier molecular flexibility index (Phi) is 3.51. The van der Waals surface area contributed by atoms with E-state index >= 15 is 0 Å². The summed E-state index contributed by atoms with van der Waals surface area (Å²) in [5, 5.41) is 0. The molecule has 0 fully saturated rings. The van der Waals surface area contributed by atoms with Gasteiger partial charge in [0, 0.05) is 5.69 Å². The van der Waals surface area contributed by atoms with E-state index in [0.29, 0.717) is 9.99 Å². The van der Waals surface area contributed by atoms with E-state index in [1.54, 1.807) is 0 Å². The first-order valence-electron chi connectivity index (χ1n) is 3.94. The topological polar surface area (TPSA) is 89.7 Å². The normalized spacial score (nSPS) is 10.0. The predicted octanol–water partition coefficient (Wildman–Crippen LogP) is 0.368. The monoisotopic (exact) mass is 230 g/mol. The van der Waals surface area contributed by atoms with Crippen molar-refractivity contribution in [3.63, 3.8) is 0 Å². The lowest BCUT2D eigenvalue weighted by Crippen LogP contribution is -2.28. The van der Waals surface area contributed by atoms with E-state index in [-0.39, 0.29) is 5.69 Å². The van der Waals surface area contributed by atoms with Gasteiger partial charge in [0.15, 0.2) is 0 Å². The van der Waals surface area contributed by atoms with Crippen molar-refractivity contribution >= 4 is 28.4 Å². The summed E-state index contributed by atoms with van der Waals surface area (Å²) in [5.41, 5.74) is 6.09. The van der Waals surface area contributed by atoms with Gasteiger partial charge in [0.05, 0.1) is 12.8 Å². The molecule has 0 saturated carbocycles. The molecule has 1 aromatic carbocycles. The van der Waals surface area contributed by atoms with Gasteiger partial charge in [0.2, 0.25) is 10.9 Å². The van der Waals surface area contributed by atoms with Crippen LogP contribution in [0.5, 0.6) is 0 Å². The third kappa shape index (κ3) is 2.59. The molecular weight excluding hydrogens is 220 g/mol. The zero-order valence-electron chi connectivity index (χ0n) is 7.91. The van der Waals surface area contributed by atoms with E-state index < -0.39 is 17.0 Å². The second kappa shape index (κ2) is 4.65. The average molecular weight is 230 g/mol. The van der Waals surface area contributed by atoms with Gasteiger partial charge in [-0.25, -0.2) is 13.2 Å². The summed E-state index contributed by atoms with van der Waals surface area (Å²) in [7, 11) is -1.97. The molecule has 0 heterocycles. The molecule has 1 rings (SSSR count). The highest BCUT2D eigenvalue weighted by molar-refractivity contribution is 7.75. The molecule has 0 bridgehead atoms. The Morgan fingerprint density at radius 1 is 1.33 bits per heavy atom. The molecule has 0 unspecified atom stereocenters. The van der Waals surface area contributed by atoms with Gasteiger partial charge in [0.25, 0.3) is 0 Å². The smallest absolute Gasteiger partial charge is 0.427 e. The minimum atomic E-state index is -3.08. The van der Waals surface area contributed by atoms with Crippen molar-refractivity contribution in [3.8, 4) is 0 Å². The SMILES string of the molecule is COC(=O)N(c1ccc(N)cc1)[SH](=O)=O. The fourth-order valence-electron chi connectivity index (χ4n) is 0.968. The molecule has 0 aliphatic rings. The Morgan fingerprint density at radius 3 is 2.27 bits per heavy atom. The molecule has 82 valence electrons. The molecule has 1 aromatic rings. The van der Waals surface area contributed by atoms with Crippen LogP contribution >= 0.6 is 0 Å². The second-order valence-electron chi connectivity index (χ2n) is 2.61. The highest BCUT2D eigenvalue weighted by Crippen LogP contribution is 2.17. The fourth-order valence-corrected chi connectivity index (χ4v) is 1.51. The highest BCUT2D eigenvalue weighted by atomic mass is 32.2. The number of hydrogen-bond acceptors (Lipinski definition) is 5.